The van der Waals surface area contributed by atoms with Crippen molar-refractivity contribution in [3.63, 3.8) is 0 Å². The Morgan fingerprint density at radius 2 is 2.05 bits per heavy atom. The number of hydrogen-bond donors (Lipinski definition) is 2. The second-order valence-electron chi connectivity index (χ2n) is 4.29. The van der Waals surface area contributed by atoms with E-state index in [0.717, 1.165) is 12.1 Å². The fourth-order valence-electron chi connectivity index (χ4n) is 1.49. The van der Waals surface area contributed by atoms with E-state index in [1.54, 1.807) is 7.11 Å². The third kappa shape index (κ3) is 7.43. The minimum Gasteiger partial charge on any atom is -0.445 e. The van der Waals surface area contributed by atoms with E-state index in [0.29, 0.717) is 13.2 Å². The Bertz CT molecular complexity index is 357. The zero-order chi connectivity index (χ0) is 13.9. The number of carbonyl (C=O) groups is 1. The third-order valence-electron chi connectivity index (χ3n) is 2.56. The number of nitrogens with one attached hydrogen (secondary N) is 2. The number of methoxy groups -OCH3 is 1. The average Bonchev–Trinajstić information content (AvgIpc) is 2.44. The van der Waals surface area contributed by atoms with Crippen LogP contribution in [0, 0.1) is 0 Å². The van der Waals surface area contributed by atoms with Gasteiger partial charge < -0.3 is 20.1 Å². The molecule has 1 rings (SSSR count). The number of rotatable bonds is 8. The van der Waals surface area contributed by atoms with E-state index in [4.69, 9.17) is 9.47 Å². The number of ether oxygens (including phenoxy) is 2. The minimum atomic E-state index is -0.399. The molecule has 0 radical (unpaired) electrons. The second-order valence-corrected chi connectivity index (χ2v) is 4.29. The Balaban J connectivity index is 2.11. The number of benzene rings is 1. The summed E-state index contributed by atoms with van der Waals surface area (Å²) in [4.78, 5) is 11.5. The van der Waals surface area contributed by atoms with Crippen LogP contribution in [0.5, 0.6) is 0 Å². The molecule has 0 bridgehead atoms. The maximum atomic E-state index is 11.5. The van der Waals surface area contributed by atoms with Gasteiger partial charge in [0.25, 0.3) is 0 Å². The van der Waals surface area contributed by atoms with Crippen molar-refractivity contribution in [1.29, 1.82) is 0 Å². The van der Waals surface area contributed by atoms with E-state index in [9.17, 15) is 4.79 Å². The van der Waals surface area contributed by atoms with Gasteiger partial charge in [0.2, 0.25) is 0 Å². The van der Waals surface area contributed by atoms with Crippen molar-refractivity contribution in [1.82, 2.24) is 10.6 Å². The number of carbonyl (C=O) groups excluding carboxylic acids is 1. The molecule has 0 aliphatic heterocycles. The summed E-state index contributed by atoms with van der Waals surface area (Å²) >= 11 is 0. The van der Waals surface area contributed by atoms with Crippen molar-refractivity contribution in [2.45, 2.75) is 19.6 Å². The van der Waals surface area contributed by atoms with Crippen molar-refractivity contribution in [3.05, 3.63) is 35.9 Å². The predicted molar refractivity (Wildman–Crippen MR) is 74.0 cm³/mol. The Labute approximate surface area is 114 Å². The van der Waals surface area contributed by atoms with Crippen LogP contribution < -0.4 is 10.6 Å². The molecule has 0 aromatic heterocycles. The summed E-state index contributed by atoms with van der Waals surface area (Å²) in [5.41, 5.74) is 0.976. The first kappa shape index (κ1) is 15.5. The third-order valence-corrected chi connectivity index (χ3v) is 2.56. The van der Waals surface area contributed by atoms with Gasteiger partial charge in [-0.1, -0.05) is 30.3 Å². The molecule has 2 N–H and O–H groups in total. The molecule has 106 valence electrons. The monoisotopic (exact) mass is 266 g/mol. The van der Waals surface area contributed by atoms with E-state index >= 15 is 0 Å². The van der Waals surface area contributed by atoms with Crippen molar-refractivity contribution in [2.24, 2.45) is 0 Å². The zero-order valence-corrected chi connectivity index (χ0v) is 11.5. The lowest BCUT2D eigenvalue weighted by atomic mass is 10.2. The maximum absolute atomic E-state index is 11.5. The highest BCUT2D eigenvalue weighted by Gasteiger charge is 2.05. The van der Waals surface area contributed by atoms with Crippen LogP contribution in [-0.4, -0.2) is 38.9 Å². The summed E-state index contributed by atoms with van der Waals surface area (Å²) in [7, 11) is 1.66. The predicted octanol–water partition coefficient (Wildman–Crippen LogP) is 1.54. The lowest BCUT2D eigenvalue weighted by Gasteiger charge is -2.14. The molecule has 1 atom stereocenters. The van der Waals surface area contributed by atoms with Gasteiger partial charge in [-0.25, -0.2) is 4.79 Å². The molecule has 1 aromatic carbocycles. The highest BCUT2D eigenvalue weighted by molar-refractivity contribution is 5.67. The molecule has 0 aliphatic rings. The van der Waals surface area contributed by atoms with Gasteiger partial charge in [-0.15, -0.1) is 0 Å². The average molecular weight is 266 g/mol. The summed E-state index contributed by atoms with van der Waals surface area (Å²) in [6.07, 6.45) is -0.399. The Morgan fingerprint density at radius 3 is 2.74 bits per heavy atom. The molecule has 0 fully saturated rings. The molecule has 0 heterocycles. The SMILES string of the molecule is COCCN[C@@H](C)CNC(=O)OCc1ccccc1. The zero-order valence-electron chi connectivity index (χ0n) is 11.5. The number of alkyl carbamates (subject to hydrolysis) is 1. The minimum absolute atomic E-state index is 0.180. The van der Waals surface area contributed by atoms with E-state index in [1.165, 1.54) is 0 Å². The largest absolute Gasteiger partial charge is 0.445 e. The summed E-state index contributed by atoms with van der Waals surface area (Å²) in [6.45, 7) is 4.23. The van der Waals surface area contributed by atoms with Crippen molar-refractivity contribution in [2.75, 3.05) is 26.8 Å². The van der Waals surface area contributed by atoms with E-state index in [-0.39, 0.29) is 12.6 Å². The summed E-state index contributed by atoms with van der Waals surface area (Å²) in [6, 6.07) is 9.78. The van der Waals surface area contributed by atoms with E-state index < -0.39 is 6.09 Å². The molecule has 1 aromatic rings. The van der Waals surface area contributed by atoms with Gasteiger partial charge in [0.1, 0.15) is 6.61 Å². The second kappa shape index (κ2) is 9.35. The molecule has 0 spiro atoms. The molecule has 1 amide bonds. The normalized spacial score (nSPS) is 11.9. The van der Waals surface area contributed by atoms with Gasteiger partial charge in [-0.2, -0.15) is 0 Å². The van der Waals surface area contributed by atoms with E-state index in [1.807, 2.05) is 37.3 Å². The van der Waals surface area contributed by atoms with Crippen LogP contribution >= 0.6 is 0 Å². The van der Waals surface area contributed by atoms with Gasteiger partial charge in [0.15, 0.2) is 0 Å². The van der Waals surface area contributed by atoms with Crippen LogP contribution in [0.15, 0.2) is 30.3 Å². The standard InChI is InChI=1S/C14H22N2O3/c1-12(15-8-9-18-2)10-16-14(17)19-11-13-6-4-3-5-7-13/h3-7,12,15H,8-11H2,1-2H3,(H,16,17)/t12-/m0/s1. The summed E-state index contributed by atoms with van der Waals surface area (Å²) in [5, 5.41) is 5.93. The van der Waals surface area contributed by atoms with Crippen molar-refractivity contribution >= 4 is 6.09 Å². The number of amides is 1. The Hall–Kier alpha value is -1.59. The summed E-state index contributed by atoms with van der Waals surface area (Å²) < 4.78 is 10.0. The van der Waals surface area contributed by atoms with Crippen molar-refractivity contribution < 1.29 is 14.3 Å². The molecule has 0 saturated carbocycles. The summed E-state index contributed by atoms with van der Waals surface area (Å²) in [5.74, 6) is 0. The van der Waals surface area contributed by atoms with Crippen molar-refractivity contribution in [3.8, 4) is 0 Å². The first-order chi connectivity index (χ1) is 9.22. The highest BCUT2D eigenvalue weighted by atomic mass is 16.5. The van der Waals surface area contributed by atoms with Crippen LogP contribution in [0.2, 0.25) is 0 Å². The van der Waals surface area contributed by atoms with E-state index in [2.05, 4.69) is 10.6 Å². The van der Waals surface area contributed by atoms with Gasteiger partial charge in [-0.05, 0) is 12.5 Å². The topological polar surface area (TPSA) is 59.6 Å². The van der Waals surface area contributed by atoms with Crippen LogP contribution in [0.3, 0.4) is 0 Å². The number of hydrogen-bond acceptors (Lipinski definition) is 4. The van der Waals surface area contributed by atoms with Gasteiger partial charge in [0.05, 0.1) is 6.61 Å². The molecule has 19 heavy (non-hydrogen) atoms. The van der Waals surface area contributed by atoms with Gasteiger partial charge in [-0.3, -0.25) is 0 Å². The quantitative estimate of drug-likeness (QED) is 0.701. The maximum Gasteiger partial charge on any atom is 0.407 e. The fraction of sp³-hybridized carbons (Fsp3) is 0.500. The lowest BCUT2D eigenvalue weighted by Crippen LogP contribution is -2.40. The van der Waals surface area contributed by atoms with Crippen LogP contribution in [0.25, 0.3) is 0 Å². The van der Waals surface area contributed by atoms with Crippen LogP contribution in [0.1, 0.15) is 12.5 Å². The van der Waals surface area contributed by atoms with Gasteiger partial charge >= 0.3 is 6.09 Å². The fourth-order valence-corrected chi connectivity index (χ4v) is 1.49. The lowest BCUT2D eigenvalue weighted by molar-refractivity contribution is 0.138. The molecule has 5 heteroatoms. The van der Waals surface area contributed by atoms with Gasteiger partial charge in [0, 0.05) is 26.2 Å². The molecular formula is C14H22N2O3. The first-order valence-electron chi connectivity index (χ1n) is 6.39. The molecule has 5 nitrogen and oxygen atoms in total. The molecule has 0 unspecified atom stereocenters. The highest BCUT2D eigenvalue weighted by Crippen LogP contribution is 2.00. The molecule has 0 aliphatic carbocycles. The molecule has 0 saturated heterocycles. The Morgan fingerprint density at radius 1 is 1.32 bits per heavy atom. The molecular weight excluding hydrogens is 244 g/mol. The smallest absolute Gasteiger partial charge is 0.407 e. The van der Waals surface area contributed by atoms with Crippen LogP contribution in [-0.2, 0) is 16.1 Å². The first-order valence-corrected chi connectivity index (χ1v) is 6.39. The van der Waals surface area contributed by atoms with Crippen LogP contribution in [0.4, 0.5) is 4.79 Å². The Kier molecular flexibility index (Phi) is 7.62.